The molecule has 1 N–H and O–H groups in total. The van der Waals surface area contributed by atoms with Gasteiger partial charge in [-0.05, 0) is 48.3 Å². The molecule has 1 saturated carbocycles. The highest BCUT2D eigenvalue weighted by Crippen LogP contribution is 2.53. The first kappa shape index (κ1) is 16.9. The van der Waals surface area contributed by atoms with E-state index in [4.69, 9.17) is 4.74 Å². The zero-order valence-corrected chi connectivity index (χ0v) is 15.5. The minimum atomic E-state index is -0.429. The normalized spacial score (nSPS) is 30.2. The maximum Gasteiger partial charge on any atom is 0.407 e. The number of fused-ring (bicyclic) bond motifs is 1. The number of nitrogens with one attached hydrogen (secondary N) is 1. The van der Waals surface area contributed by atoms with Crippen molar-refractivity contribution >= 4 is 17.1 Å². The molecule has 1 spiro atoms. The molecule has 0 unspecified atom stereocenters. The minimum absolute atomic E-state index is 0.0374. The number of rotatable bonds is 2. The molecule has 6 heteroatoms. The predicted molar refractivity (Wildman–Crippen MR) is 97.4 cm³/mol. The lowest BCUT2D eigenvalue weighted by atomic mass is 9.59. The van der Waals surface area contributed by atoms with E-state index in [2.05, 4.69) is 41.7 Å². The van der Waals surface area contributed by atoms with Gasteiger partial charge in [-0.15, -0.1) is 0 Å². The molecule has 136 valence electrons. The first-order valence-corrected chi connectivity index (χ1v) is 9.04. The first-order chi connectivity index (χ1) is 12.2. The van der Waals surface area contributed by atoms with Crippen LogP contribution < -0.4 is 5.32 Å². The summed E-state index contributed by atoms with van der Waals surface area (Å²) in [4.78, 5) is 16.2. The number of hydrogen-bond acceptors (Lipinski definition) is 4. The van der Waals surface area contributed by atoms with E-state index in [1.165, 1.54) is 0 Å². The number of aromatic nitrogens is 2. The smallest absolute Gasteiger partial charge is 0.407 e. The highest BCUT2D eigenvalue weighted by Gasteiger charge is 2.54. The van der Waals surface area contributed by atoms with E-state index < -0.39 is 5.60 Å². The van der Waals surface area contributed by atoms with Crippen molar-refractivity contribution in [3.63, 3.8) is 0 Å². The number of benzene rings is 1. The Morgan fingerprint density at radius 1 is 1.31 bits per heavy atom. The third-order valence-electron chi connectivity index (χ3n) is 5.62. The van der Waals surface area contributed by atoms with E-state index in [-0.39, 0.29) is 16.9 Å². The SMILES string of the molecule is CC1(C)C[C@](C)(Cn2cnc3ccc(C#N)cc32)C[C@@]2(CNC(=O)O2)C1. The van der Waals surface area contributed by atoms with Gasteiger partial charge in [-0.3, -0.25) is 0 Å². The molecule has 2 heterocycles. The van der Waals surface area contributed by atoms with Crippen LogP contribution in [0.2, 0.25) is 0 Å². The number of hydrogen-bond donors (Lipinski definition) is 1. The quantitative estimate of drug-likeness (QED) is 0.895. The third-order valence-corrected chi connectivity index (χ3v) is 5.62. The largest absolute Gasteiger partial charge is 0.441 e. The van der Waals surface area contributed by atoms with Gasteiger partial charge in [-0.1, -0.05) is 20.8 Å². The minimum Gasteiger partial charge on any atom is -0.441 e. The van der Waals surface area contributed by atoms with Crippen LogP contribution in [0.25, 0.3) is 11.0 Å². The van der Waals surface area contributed by atoms with Crippen molar-refractivity contribution < 1.29 is 9.53 Å². The summed E-state index contributed by atoms with van der Waals surface area (Å²) in [5.41, 5.74) is 2.12. The average molecular weight is 352 g/mol. The molecule has 1 aliphatic heterocycles. The molecule has 6 nitrogen and oxygen atoms in total. The van der Waals surface area contributed by atoms with E-state index in [9.17, 15) is 10.1 Å². The molecule has 1 aliphatic carbocycles. The molecule has 1 aromatic carbocycles. The van der Waals surface area contributed by atoms with Crippen LogP contribution in [0, 0.1) is 22.2 Å². The zero-order chi connectivity index (χ0) is 18.6. The van der Waals surface area contributed by atoms with E-state index in [0.29, 0.717) is 12.1 Å². The average Bonchev–Trinajstić information content (AvgIpc) is 3.08. The Labute approximate surface area is 153 Å². The van der Waals surface area contributed by atoms with Crippen molar-refractivity contribution in [2.45, 2.75) is 52.2 Å². The van der Waals surface area contributed by atoms with Crippen LogP contribution in [-0.2, 0) is 11.3 Å². The fourth-order valence-corrected chi connectivity index (χ4v) is 5.47. The topological polar surface area (TPSA) is 79.9 Å². The van der Waals surface area contributed by atoms with Crippen molar-refractivity contribution in [3.05, 3.63) is 30.1 Å². The van der Waals surface area contributed by atoms with Gasteiger partial charge in [0.15, 0.2) is 0 Å². The van der Waals surface area contributed by atoms with Crippen LogP contribution in [0.4, 0.5) is 4.79 Å². The summed E-state index contributed by atoms with van der Waals surface area (Å²) >= 11 is 0. The summed E-state index contributed by atoms with van der Waals surface area (Å²) in [5, 5.41) is 12.0. The van der Waals surface area contributed by atoms with Gasteiger partial charge in [0.25, 0.3) is 0 Å². The van der Waals surface area contributed by atoms with E-state index >= 15 is 0 Å². The van der Waals surface area contributed by atoms with Crippen molar-refractivity contribution in [1.82, 2.24) is 14.9 Å². The second kappa shape index (κ2) is 5.47. The second-order valence-corrected chi connectivity index (χ2v) is 9.12. The van der Waals surface area contributed by atoms with Gasteiger partial charge in [0, 0.05) is 6.54 Å². The van der Waals surface area contributed by atoms with Crippen LogP contribution in [0.5, 0.6) is 0 Å². The molecular weight excluding hydrogens is 328 g/mol. The lowest BCUT2D eigenvalue weighted by Gasteiger charge is -2.50. The molecule has 0 bridgehead atoms. The third kappa shape index (κ3) is 2.92. The Morgan fingerprint density at radius 2 is 2.12 bits per heavy atom. The second-order valence-electron chi connectivity index (χ2n) is 9.12. The number of carbonyl (C=O) groups is 1. The maximum atomic E-state index is 11.7. The van der Waals surface area contributed by atoms with Crippen LogP contribution in [0.1, 0.15) is 45.6 Å². The summed E-state index contributed by atoms with van der Waals surface area (Å²) < 4.78 is 7.88. The highest BCUT2D eigenvalue weighted by molar-refractivity contribution is 5.77. The lowest BCUT2D eigenvalue weighted by Crippen LogP contribution is -2.50. The monoisotopic (exact) mass is 352 g/mol. The fourth-order valence-electron chi connectivity index (χ4n) is 5.47. The van der Waals surface area contributed by atoms with E-state index in [1.807, 2.05) is 18.5 Å². The number of nitrogens with zero attached hydrogens (tertiary/aromatic N) is 3. The molecule has 1 saturated heterocycles. The number of carbonyl (C=O) groups excluding carboxylic acids is 1. The molecule has 4 rings (SSSR count). The van der Waals surface area contributed by atoms with Gasteiger partial charge in [0.2, 0.25) is 0 Å². The van der Waals surface area contributed by atoms with Gasteiger partial charge < -0.3 is 14.6 Å². The number of amides is 1. The highest BCUT2D eigenvalue weighted by atomic mass is 16.6. The number of nitriles is 1. The Hall–Kier alpha value is -2.55. The maximum absolute atomic E-state index is 11.7. The standard InChI is InChI=1S/C20H24N4O2/c1-18(2)8-19(3,10-20(9-18)11-22-17(25)26-20)12-24-13-23-15-5-4-14(7-21)6-16(15)24/h4-6,13H,8-12H2,1-3H3,(H,22,25)/t19-,20+/m0/s1. The Bertz CT molecular complexity index is 926. The van der Waals surface area contributed by atoms with Gasteiger partial charge in [-0.25, -0.2) is 9.78 Å². The number of alkyl carbamates (subject to hydrolysis) is 1. The summed E-state index contributed by atoms with van der Waals surface area (Å²) in [6.07, 6.45) is 4.27. The summed E-state index contributed by atoms with van der Waals surface area (Å²) in [5.74, 6) is 0. The summed E-state index contributed by atoms with van der Waals surface area (Å²) in [6.45, 7) is 8.12. The molecular formula is C20H24N4O2. The van der Waals surface area contributed by atoms with Gasteiger partial charge in [-0.2, -0.15) is 5.26 Å². The first-order valence-electron chi connectivity index (χ1n) is 9.04. The predicted octanol–water partition coefficient (Wildman–Crippen LogP) is 3.60. The van der Waals surface area contributed by atoms with E-state index in [0.717, 1.165) is 36.8 Å². The van der Waals surface area contributed by atoms with Crippen LogP contribution in [-0.4, -0.2) is 27.8 Å². The molecule has 0 radical (unpaired) electrons. The molecule has 2 aliphatic rings. The molecule has 26 heavy (non-hydrogen) atoms. The van der Waals surface area contributed by atoms with Crippen LogP contribution >= 0.6 is 0 Å². The zero-order valence-electron chi connectivity index (χ0n) is 15.5. The molecule has 1 aromatic heterocycles. The number of imidazole rings is 1. The Kier molecular flexibility index (Phi) is 3.56. The Balaban J connectivity index is 1.68. The van der Waals surface area contributed by atoms with Gasteiger partial charge in [0.1, 0.15) is 5.60 Å². The van der Waals surface area contributed by atoms with Gasteiger partial charge >= 0.3 is 6.09 Å². The fraction of sp³-hybridized carbons (Fsp3) is 0.550. The number of ether oxygens (including phenoxy) is 1. The Morgan fingerprint density at radius 3 is 2.81 bits per heavy atom. The van der Waals surface area contributed by atoms with Crippen molar-refractivity contribution in [3.8, 4) is 6.07 Å². The van der Waals surface area contributed by atoms with Crippen molar-refractivity contribution in [2.75, 3.05) is 6.54 Å². The molecule has 2 atom stereocenters. The molecule has 2 fully saturated rings. The summed E-state index contributed by atoms with van der Waals surface area (Å²) in [6, 6.07) is 7.78. The van der Waals surface area contributed by atoms with Gasteiger partial charge in [0.05, 0.1) is 35.5 Å². The van der Waals surface area contributed by atoms with Crippen molar-refractivity contribution in [2.24, 2.45) is 10.8 Å². The van der Waals surface area contributed by atoms with Crippen LogP contribution in [0.15, 0.2) is 24.5 Å². The summed E-state index contributed by atoms with van der Waals surface area (Å²) in [7, 11) is 0. The molecule has 2 aromatic rings. The lowest BCUT2D eigenvalue weighted by molar-refractivity contribution is -0.0748. The molecule has 1 amide bonds. The van der Waals surface area contributed by atoms with Crippen molar-refractivity contribution in [1.29, 1.82) is 5.26 Å². The van der Waals surface area contributed by atoms with E-state index in [1.54, 1.807) is 6.07 Å². The van der Waals surface area contributed by atoms with Crippen LogP contribution in [0.3, 0.4) is 0 Å².